The topological polar surface area (TPSA) is 52.1 Å². The van der Waals surface area contributed by atoms with Gasteiger partial charge in [-0.15, -0.1) is 10.2 Å². The van der Waals surface area contributed by atoms with E-state index in [4.69, 9.17) is 4.74 Å². The van der Waals surface area contributed by atoms with E-state index in [0.29, 0.717) is 17.9 Å². The van der Waals surface area contributed by atoms with Crippen molar-refractivity contribution in [3.63, 3.8) is 0 Å². The number of rotatable bonds is 11. The van der Waals surface area contributed by atoms with E-state index >= 15 is 0 Å². The molecule has 118 valence electrons. The predicted molar refractivity (Wildman–Crippen MR) is 91.3 cm³/mol. The second-order valence-electron chi connectivity index (χ2n) is 4.51. The molecule has 0 amide bonds. The smallest absolute Gasteiger partial charge is 0.333 e. The molecule has 0 aliphatic carbocycles. The number of carbonyl (C=O) groups is 1. The van der Waals surface area contributed by atoms with Crippen molar-refractivity contribution < 1.29 is 9.53 Å². The maximum atomic E-state index is 11.2. The second-order valence-corrected chi connectivity index (χ2v) is 8.17. The lowest BCUT2D eigenvalue weighted by atomic mass is 10.2. The molecule has 0 radical (unpaired) electrons. The highest BCUT2D eigenvalue weighted by atomic mass is 32.2. The van der Waals surface area contributed by atoms with Gasteiger partial charge in [0.2, 0.25) is 0 Å². The standard InChI is InChI=1S/C14H22N2O2S3/c1-4-5-6-7-9-19-13-15-16-14(21-13)20-10-8-18-12(17)11(2)3/h2,4-10H2,1,3H3. The fraction of sp³-hybridized carbons (Fsp3) is 0.643. The first-order valence-electron chi connectivity index (χ1n) is 7.05. The van der Waals surface area contributed by atoms with Gasteiger partial charge < -0.3 is 4.74 Å². The van der Waals surface area contributed by atoms with E-state index in [2.05, 4.69) is 23.7 Å². The summed E-state index contributed by atoms with van der Waals surface area (Å²) < 4.78 is 6.98. The lowest BCUT2D eigenvalue weighted by Crippen LogP contribution is -2.07. The zero-order chi connectivity index (χ0) is 15.5. The molecule has 0 saturated heterocycles. The molecule has 1 heterocycles. The number of aromatic nitrogens is 2. The van der Waals surface area contributed by atoms with E-state index < -0.39 is 0 Å². The van der Waals surface area contributed by atoms with E-state index in [0.717, 1.165) is 14.4 Å². The zero-order valence-corrected chi connectivity index (χ0v) is 15.0. The molecule has 21 heavy (non-hydrogen) atoms. The Bertz CT molecular complexity index is 449. The molecule has 0 aliphatic rings. The van der Waals surface area contributed by atoms with Crippen molar-refractivity contribution in [1.29, 1.82) is 0 Å². The van der Waals surface area contributed by atoms with E-state index in [-0.39, 0.29) is 5.97 Å². The van der Waals surface area contributed by atoms with Gasteiger partial charge in [-0.05, 0) is 13.3 Å². The molecule has 4 nitrogen and oxygen atoms in total. The average Bonchev–Trinajstić information content (AvgIpc) is 2.91. The molecule has 0 unspecified atom stereocenters. The lowest BCUT2D eigenvalue weighted by Gasteiger charge is -2.01. The Morgan fingerprint density at radius 2 is 1.86 bits per heavy atom. The van der Waals surface area contributed by atoms with Gasteiger partial charge in [-0.1, -0.05) is 67.6 Å². The maximum absolute atomic E-state index is 11.2. The minimum absolute atomic E-state index is 0.337. The first-order valence-corrected chi connectivity index (χ1v) is 9.84. The molecule has 0 aromatic carbocycles. The third-order valence-electron chi connectivity index (χ3n) is 2.50. The second kappa shape index (κ2) is 11.1. The summed E-state index contributed by atoms with van der Waals surface area (Å²) in [6, 6.07) is 0. The molecular formula is C14H22N2O2S3. The molecule has 0 N–H and O–H groups in total. The molecule has 0 aliphatic heterocycles. The number of thioether (sulfide) groups is 2. The lowest BCUT2D eigenvalue weighted by molar-refractivity contribution is -0.138. The number of esters is 1. The summed E-state index contributed by atoms with van der Waals surface area (Å²) in [5.74, 6) is 1.46. The zero-order valence-electron chi connectivity index (χ0n) is 12.6. The normalized spacial score (nSPS) is 10.6. The quantitative estimate of drug-likeness (QED) is 0.256. The number of ether oxygens (including phenoxy) is 1. The van der Waals surface area contributed by atoms with E-state index in [9.17, 15) is 4.79 Å². The minimum Gasteiger partial charge on any atom is -0.461 e. The Labute approximate surface area is 139 Å². The molecule has 1 aromatic rings. The van der Waals surface area contributed by atoms with Gasteiger partial charge in [0.1, 0.15) is 6.61 Å². The van der Waals surface area contributed by atoms with Gasteiger partial charge in [-0.25, -0.2) is 4.79 Å². The van der Waals surface area contributed by atoms with Crippen molar-refractivity contribution in [3.8, 4) is 0 Å². The summed E-state index contributed by atoms with van der Waals surface area (Å²) in [6.07, 6.45) is 5.09. The van der Waals surface area contributed by atoms with Crippen LogP contribution in [0.5, 0.6) is 0 Å². The average molecular weight is 347 g/mol. The molecule has 1 aromatic heterocycles. The highest BCUT2D eigenvalue weighted by Crippen LogP contribution is 2.29. The molecule has 0 atom stereocenters. The maximum Gasteiger partial charge on any atom is 0.333 e. The van der Waals surface area contributed by atoms with Crippen molar-refractivity contribution in [1.82, 2.24) is 10.2 Å². The first-order chi connectivity index (χ1) is 10.1. The Morgan fingerprint density at radius 3 is 2.48 bits per heavy atom. The molecule has 0 spiro atoms. The number of carbonyl (C=O) groups excluding carboxylic acids is 1. The van der Waals surface area contributed by atoms with Crippen LogP contribution in [0.3, 0.4) is 0 Å². The van der Waals surface area contributed by atoms with Crippen LogP contribution in [0.1, 0.15) is 39.5 Å². The van der Waals surface area contributed by atoms with Crippen molar-refractivity contribution >= 4 is 40.8 Å². The third-order valence-corrected chi connectivity index (χ3v) is 5.74. The van der Waals surface area contributed by atoms with Gasteiger partial charge >= 0.3 is 5.97 Å². The number of unbranched alkanes of at least 4 members (excludes halogenated alkanes) is 3. The summed E-state index contributed by atoms with van der Waals surface area (Å²) >= 11 is 4.95. The molecule has 0 fully saturated rings. The summed E-state index contributed by atoms with van der Waals surface area (Å²) in [5.41, 5.74) is 0.428. The van der Waals surface area contributed by atoms with E-state index in [1.54, 1.807) is 41.8 Å². The van der Waals surface area contributed by atoms with Gasteiger partial charge in [0.15, 0.2) is 8.68 Å². The fourth-order valence-electron chi connectivity index (χ4n) is 1.39. The predicted octanol–water partition coefficient (Wildman–Crippen LogP) is 4.42. The van der Waals surface area contributed by atoms with Crippen LogP contribution in [-0.4, -0.2) is 34.3 Å². The minimum atomic E-state index is -0.337. The first kappa shape index (κ1) is 18.5. The SMILES string of the molecule is C=C(C)C(=O)OCCSc1nnc(SCCCCCC)s1. The molecular weight excluding hydrogens is 324 g/mol. The van der Waals surface area contributed by atoms with Gasteiger partial charge in [0.25, 0.3) is 0 Å². The summed E-state index contributed by atoms with van der Waals surface area (Å²) in [6.45, 7) is 7.77. The molecule has 7 heteroatoms. The molecule has 1 rings (SSSR count). The summed E-state index contributed by atoms with van der Waals surface area (Å²) in [7, 11) is 0. The van der Waals surface area contributed by atoms with Crippen LogP contribution >= 0.6 is 34.9 Å². The Morgan fingerprint density at radius 1 is 1.19 bits per heavy atom. The van der Waals surface area contributed by atoms with Gasteiger partial charge in [0.05, 0.1) is 0 Å². The fourth-order valence-corrected chi connectivity index (χ4v) is 4.37. The van der Waals surface area contributed by atoms with E-state index in [1.165, 1.54) is 25.7 Å². The Kier molecular flexibility index (Phi) is 9.78. The third kappa shape index (κ3) is 8.48. The highest BCUT2D eigenvalue weighted by Gasteiger charge is 2.07. The summed E-state index contributed by atoms with van der Waals surface area (Å²) in [5, 5.41) is 8.30. The summed E-state index contributed by atoms with van der Waals surface area (Å²) in [4.78, 5) is 11.2. The van der Waals surface area contributed by atoms with Gasteiger partial charge in [-0.3, -0.25) is 0 Å². The van der Waals surface area contributed by atoms with Crippen LogP contribution < -0.4 is 0 Å². The number of nitrogens with zero attached hydrogens (tertiary/aromatic N) is 2. The molecule has 0 bridgehead atoms. The Balaban J connectivity index is 2.14. The van der Waals surface area contributed by atoms with Gasteiger partial charge in [-0.2, -0.15) is 0 Å². The number of hydrogen-bond donors (Lipinski definition) is 0. The van der Waals surface area contributed by atoms with Crippen LogP contribution in [0.25, 0.3) is 0 Å². The van der Waals surface area contributed by atoms with Crippen molar-refractivity contribution in [2.45, 2.75) is 48.2 Å². The number of hydrogen-bond acceptors (Lipinski definition) is 7. The Hall–Kier alpha value is -0.530. The van der Waals surface area contributed by atoms with Crippen molar-refractivity contribution in [2.75, 3.05) is 18.1 Å². The largest absolute Gasteiger partial charge is 0.461 e. The molecule has 0 saturated carbocycles. The van der Waals surface area contributed by atoms with E-state index in [1.807, 2.05) is 0 Å². The van der Waals surface area contributed by atoms with Gasteiger partial charge in [0, 0.05) is 17.1 Å². The van der Waals surface area contributed by atoms with Crippen LogP contribution in [-0.2, 0) is 9.53 Å². The van der Waals surface area contributed by atoms with Crippen LogP contribution in [0.15, 0.2) is 20.8 Å². The van der Waals surface area contributed by atoms with Crippen LogP contribution in [0.4, 0.5) is 0 Å². The van der Waals surface area contributed by atoms with Crippen molar-refractivity contribution in [2.24, 2.45) is 0 Å². The van der Waals surface area contributed by atoms with Crippen molar-refractivity contribution in [3.05, 3.63) is 12.2 Å². The highest BCUT2D eigenvalue weighted by molar-refractivity contribution is 8.03. The van der Waals surface area contributed by atoms with Crippen LogP contribution in [0, 0.1) is 0 Å². The van der Waals surface area contributed by atoms with Crippen LogP contribution in [0.2, 0.25) is 0 Å². The monoisotopic (exact) mass is 346 g/mol.